The van der Waals surface area contributed by atoms with Crippen LogP contribution in [0.15, 0.2) is 34.2 Å². The predicted molar refractivity (Wildman–Crippen MR) is 94.4 cm³/mol. The molecule has 0 amide bonds. The lowest BCUT2D eigenvalue weighted by Gasteiger charge is -2.27. The largest absolute Gasteiger partial charge is 0.376 e. The first-order chi connectivity index (χ1) is 10.2. The summed E-state index contributed by atoms with van der Waals surface area (Å²) in [7, 11) is 0. The Morgan fingerprint density at radius 2 is 2.05 bits per heavy atom. The minimum atomic E-state index is 0.280. The van der Waals surface area contributed by atoms with Crippen LogP contribution in [0.2, 0.25) is 0 Å². The summed E-state index contributed by atoms with van der Waals surface area (Å²) in [6.45, 7) is 4.45. The molecule has 0 aliphatic carbocycles. The van der Waals surface area contributed by atoms with Gasteiger partial charge < -0.3 is 10.2 Å². The molecule has 1 saturated heterocycles. The van der Waals surface area contributed by atoms with E-state index in [2.05, 4.69) is 61.6 Å². The Labute approximate surface area is 138 Å². The fraction of sp³-hybridized carbons (Fsp3) is 0.438. The molecule has 21 heavy (non-hydrogen) atoms. The molecule has 3 heterocycles. The molecule has 1 aliphatic rings. The van der Waals surface area contributed by atoms with Crippen molar-refractivity contribution in [1.82, 2.24) is 4.98 Å². The summed E-state index contributed by atoms with van der Waals surface area (Å²) in [6.07, 6.45) is 5.86. The number of piperidine rings is 1. The maximum Gasteiger partial charge on any atom is 0.128 e. The van der Waals surface area contributed by atoms with Crippen LogP contribution in [0.4, 0.5) is 11.5 Å². The summed E-state index contributed by atoms with van der Waals surface area (Å²) in [4.78, 5) is 8.31. The first-order valence-electron chi connectivity index (χ1n) is 7.44. The molecular weight excluding hydrogens is 346 g/mol. The number of nitrogens with zero attached hydrogens (tertiary/aromatic N) is 2. The predicted octanol–water partition coefficient (Wildman–Crippen LogP) is 5.07. The lowest BCUT2D eigenvalue weighted by molar-refractivity contribution is 0.573. The van der Waals surface area contributed by atoms with E-state index < -0.39 is 0 Å². The van der Waals surface area contributed by atoms with E-state index in [1.807, 2.05) is 6.20 Å². The fourth-order valence-corrected chi connectivity index (χ4v) is 4.44. The van der Waals surface area contributed by atoms with Crippen LogP contribution in [0.3, 0.4) is 0 Å². The van der Waals surface area contributed by atoms with Gasteiger partial charge in [0.05, 0.1) is 17.9 Å². The molecule has 2 aromatic rings. The molecule has 3 rings (SSSR count). The van der Waals surface area contributed by atoms with Crippen molar-refractivity contribution < 1.29 is 0 Å². The van der Waals surface area contributed by atoms with Gasteiger partial charge in [0, 0.05) is 22.4 Å². The van der Waals surface area contributed by atoms with Gasteiger partial charge in [0.25, 0.3) is 0 Å². The monoisotopic (exact) mass is 365 g/mol. The average molecular weight is 366 g/mol. The third kappa shape index (κ3) is 3.58. The van der Waals surface area contributed by atoms with Crippen LogP contribution in [0, 0.1) is 0 Å². The molecule has 1 atom stereocenters. The molecule has 1 unspecified atom stereocenters. The molecule has 1 fully saturated rings. The van der Waals surface area contributed by atoms with Gasteiger partial charge in [-0.1, -0.05) is 0 Å². The summed E-state index contributed by atoms with van der Waals surface area (Å²) in [6, 6.07) is 6.64. The van der Waals surface area contributed by atoms with E-state index in [9.17, 15) is 0 Å². The Hall–Kier alpha value is -1.07. The minimum Gasteiger partial charge on any atom is -0.376 e. The zero-order chi connectivity index (χ0) is 14.7. The van der Waals surface area contributed by atoms with E-state index in [0.717, 1.165) is 24.6 Å². The molecule has 1 aliphatic heterocycles. The molecule has 2 aromatic heterocycles. The first-order valence-corrected chi connectivity index (χ1v) is 9.12. The summed E-state index contributed by atoms with van der Waals surface area (Å²) in [5, 5.41) is 5.62. The van der Waals surface area contributed by atoms with Crippen LogP contribution in [-0.2, 0) is 0 Å². The Balaban J connectivity index is 1.65. The average Bonchev–Trinajstić information content (AvgIpc) is 2.95. The summed E-state index contributed by atoms with van der Waals surface area (Å²) < 4.78 is 1.17. The van der Waals surface area contributed by atoms with Gasteiger partial charge in [-0.25, -0.2) is 4.98 Å². The highest BCUT2D eigenvalue weighted by Crippen LogP contribution is 2.31. The van der Waals surface area contributed by atoms with E-state index in [-0.39, 0.29) is 6.04 Å². The number of nitrogens with one attached hydrogen (secondary N) is 1. The van der Waals surface area contributed by atoms with Gasteiger partial charge in [0.2, 0.25) is 0 Å². The third-order valence-corrected chi connectivity index (χ3v) is 5.90. The van der Waals surface area contributed by atoms with Crippen LogP contribution in [0.25, 0.3) is 0 Å². The van der Waals surface area contributed by atoms with Crippen molar-refractivity contribution in [1.29, 1.82) is 0 Å². The molecule has 0 radical (unpaired) electrons. The maximum atomic E-state index is 4.61. The number of hydrogen-bond acceptors (Lipinski definition) is 4. The van der Waals surface area contributed by atoms with Crippen molar-refractivity contribution in [3.8, 4) is 0 Å². The highest BCUT2D eigenvalue weighted by atomic mass is 79.9. The molecule has 0 saturated carbocycles. The van der Waals surface area contributed by atoms with Crippen molar-refractivity contribution in [2.45, 2.75) is 32.2 Å². The number of aromatic nitrogens is 1. The molecule has 5 heteroatoms. The Bertz CT molecular complexity index is 575. The van der Waals surface area contributed by atoms with Crippen LogP contribution < -0.4 is 10.2 Å². The van der Waals surface area contributed by atoms with Gasteiger partial charge in [-0.3, -0.25) is 0 Å². The zero-order valence-corrected chi connectivity index (χ0v) is 14.6. The molecule has 1 N–H and O–H groups in total. The standard InChI is InChI=1S/C16H20BrN3S/c1-12(16-14(17)7-10-21-16)19-13-5-6-15(18-11-13)20-8-3-2-4-9-20/h5-7,10-12,19H,2-4,8-9H2,1H3. The molecule has 0 aromatic carbocycles. The van der Waals surface area contributed by atoms with Gasteiger partial charge in [-0.05, 0) is 65.7 Å². The second kappa shape index (κ2) is 6.79. The van der Waals surface area contributed by atoms with Gasteiger partial charge in [-0.15, -0.1) is 11.3 Å². The topological polar surface area (TPSA) is 28.2 Å². The Morgan fingerprint density at radius 3 is 2.67 bits per heavy atom. The van der Waals surface area contributed by atoms with Crippen molar-refractivity contribution in [2.75, 3.05) is 23.3 Å². The van der Waals surface area contributed by atoms with Gasteiger partial charge in [0.15, 0.2) is 0 Å². The summed E-state index contributed by atoms with van der Waals surface area (Å²) in [5.74, 6) is 1.10. The number of hydrogen-bond donors (Lipinski definition) is 1. The van der Waals surface area contributed by atoms with E-state index in [0.29, 0.717) is 0 Å². The van der Waals surface area contributed by atoms with Gasteiger partial charge >= 0.3 is 0 Å². The molecule has 3 nitrogen and oxygen atoms in total. The highest BCUT2D eigenvalue weighted by Gasteiger charge is 2.13. The van der Waals surface area contributed by atoms with E-state index in [1.54, 1.807) is 11.3 Å². The zero-order valence-electron chi connectivity index (χ0n) is 12.2. The van der Waals surface area contributed by atoms with E-state index >= 15 is 0 Å². The van der Waals surface area contributed by atoms with Crippen molar-refractivity contribution in [3.05, 3.63) is 39.1 Å². The highest BCUT2D eigenvalue weighted by molar-refractivity contribution is 9.10. The lowest BCUT2D eigenvalue weighted by Crippen LogP contribution is -2.30. The third-order valence-electron chi connectivity index (χ3n) is 3.85. The van der Waals surface area contributed by atoms with Crippen LogP contribution in [-0.4, -0.2) is 18.1 Å². The maximum absolute atomic E-state index is 4.61. The van der Waals surface area contributed by atoms with Crippen molar-refractivity contribution in [3.63, 3.8) is 0 Å². The normalized spacial score (nSPS) is 16.8. The van der Waals surface area contributed by atoms with E-state index in [4.69, 9.17) is 0 Å². The Morgan fingerprint density at radius 1 is 1.24 bits per heavy atom. The number of pyridine rings is 1. The minimum absolute atomic E-state index is 0.280. The van der Waals surface area contributed by atoms with Gasteiger partial charge in [0.1, 0.15) is 5.82 Å². The summed E-state index contributed by atoms with van der Waals surface area (Å²) in [5.41, 5.74) is 1.07. The molecule has 0 spiro atoms. The van der Waals surface area contributed by atoms with Crippen molar-refractivity contribution >= 4 is 38.8 Å². The number of thiophene rings is 1. The number of rotatable bonds is 4. The lowest BCUT2D eigenvalue weighted by atomic mass is 10.1. The molecule has 0 bridgehead atoms. The van der Waals surface area contributed by atoms with Crippen LogP contribution >= 0.6 is 27.3 Å². The SMILES string of the molecule is CC(Nc1ccc(N2CCCCC2)nc1)c1sccc1Br. The first kappa shape index (κ1) is 14.9. The number of anilines is 2. The smallest absolute Gasteiger partial charge is 0.128 e. The molecular formula is C16H20BrN3S. The second-order valence-electron chi connectivity index (χ2n) is 5.45. The van der Waals surface area contributed by atoms with Crippen molar-refractivity contribution in [2.24, 2.45) is 0 Å². The van der Waals surface area contributed by atoms with Gasteiger partial charge in [-0.2, -0.15) is 0 Å². The molecule has 112 valence electrons. The fourth-order valence-electron chi connectivity index (χ4n) is 2.71. The van der Waals surface area contributed by atoms with Crippen LogP contribution in [0.1, 0.15) is 37.1 Å². The van der Waals surface area contributed by atoms with E-state index in [1.165, 1.54) is 28.6 Å². The summed E-state index contributed by atoms with van der Waals surface area (Å²) >= 11 is 5.36. The Kier molecular flexibility index (Phi) is 4.80. The quantitative estimate of drug-likeness (QED) is 0.819. The number of halogens is 1. The van der Waals surface area contributed by atoms with Crippen LogP contribution in [0.5, 0.6) is 0 Å². The second-order valence-corrected chi connectivity index (χ2v) is 7.25.